The van der Waals surface area contributed by atoms with Crippen LogP contribution in [0.15, 0.2) is 23.0 Å². The SMILES string of the molecule is Cc1ccc(-c2nc(O)c(C)c(=O)[nH]2)cc1C. The maximum atomic E-state index is 11.5. The molecule has 0 unspecified atom stereocenters. The molecule has 0 aliphatic rings. The van der Waals surface area contributed by atoms with Gasteiger partial charge in [0.2, 0.25) is 5.88 Å². The van der Waals surface area contributed by atoms with Crippen LogP contribution in [0.25, 0.3) is 11.4 Å². The van der Waals surface area contributed by atoms with E-state index in [0.29, 0.717) is 5.82 Å². The standard InChI is InChI=1S/C13H14N2O2/c1-7-4-5-10(6-8(7)2)11-14-12(16)9(3)13(17)15-11/h4-6H,1-3H3,(H2,14,15,16,17). The van der Waals surface area contributed by atoms with E-state index in [2.05, 4.69) is 9.97 Å². The zero-order valence-electron chi connectivity index (χ0n) is 10.0. The summed E-state index contributed by atoms with van der Waals surface area (Å²) in [6.07, 6.45) is 0. The number of aromatic hydroxyl groups is 1. The summed E-state index contributed by atoms with van der Waals surface area (Å²) in [4.78, 5) is 18.2. The van der Waals surface area contributed by atoms with E-state index in [1.54, 1.807) is 0 Å². The third kappa shape index (κ3) is 2.06. The van der Waals surface area contributed by atoms with Crippen molar-refractivity contribution in [3.8, 4) is 17.3 Å². The molecule has 2 rings (SSSR count). The lowest BCUT2D eigenvalue weighted by molar-refractivity contribution is 0.447. The lowest BCUT2D eigenvalue weighted by Crippen LogP contribution is -2.12. The maximum Gasteiger partial charge on any atom is 0.257 e. The number of aromatic nitrogens is 2. The van der Waals surface area contributed by atoms with Crippen LogP contribution in [0.2, 0.25) is 0 Å². The first-order chi connectivity index (χ1) is 7.99. The topological polar surface area (TPSA) is 66.0 Å². The molecule has 1 aromatic heterocycles. The van der Waals surface area contributed by atoms with E-state index in [4.69, 9.17) is 0 Å². The Hall–Kier alpha value is -2.10. The second-order valence-corrected chi connectivity index (χ2v) is 4.16. The lowest BCUT2D eigenvalue weighted by Gasteiger charge is -2.06. The Labute approximate surface area is 99.0 Å². The molecule has 0 saturated heterocycles. The smallest absolute Gasteiger partial charge is 0.257 e. The molecule has 0 fully saturated rings. The number of nitrogens with one attached hydrogen (secondary N) is 1. The monoisotopic (exact) mass is 230 g/mol. The second kappa shape index (κ2) is 4.05. The molecule has 0 bridgehead atoms. The van der Waals surface area contributed by atoms with Crippen LogP contribution in [0.1, 0.15) is 16.7 Å². The largest absolute Gasteiger partial charge is 0.493 e. The highest BCUT2D eigenvalue weighted by atomic mass is 16.3. The van der Waals surface area contributed by atoms with Gasteiger partial charge < -0.3 is 10.1 Å². The molecule has 0 aliphatic heterocycles. The summed E-state index contributed by atoms with van der Waals surface area (Å²) in [5, 5.41) is 9.54. The molecule has 0 amide bonds. The third-order valence-corrected chi connectivity index (χ3v) is 2.91. The van der Waals surface area contributed by atoms with Gasteiger partial charge in [-0.15, -0.1) is 0 Å². The first kappa shape index (κ1) is 11.4. The molecule has 17 heavy (non-hydrogen) atoms. The minimum Gasteiger partial charge on any atom is -0.493 e. The summed E-state index contributed by atoms with van der Waals surface area (Å²) in [5.41, 5.74) is 3.00. The van der Waals surface area contributed by atoms with Crippen molar-refractivity contribution in [3.05, 3.63) is 45.2 Å². The van der Waals surface area contributed by atoms with Crippen molar-refractivity contribution < 1.29 is 5.11 Å². The Morgan fingerprint density at radius 1 is 1.18 bits per heavy atom. The van der Waals surface area contributed by atoms with Crippen LogP contribution >= 0.6 is 0 Å². The number of H-pyrrole nitrogens is 1. The summed E-state index contributed by atoms with van der Waals surface area (Å²) in [6.45, 7) is 5.54. The van der Waals surface area contributed by atoms with Crippen molar-refractivity contribution in [3.63, 3.8) is 0 Å². The van der Waals surface area contributed by atoms with Gasteiger partial charge in [0.05, 0.1) is 5.56 Å². The predicted octanol–water partition coefficient (Wildman–Crippen LogP) is 2.07. The van der Waals surface area contributed by atoms with Gasteiger partial charge in [0.25, 0.3) is 5.56 Å². The Morgan fingerprint density at radius 2 is 1.88 bits per heavy atom. The van der Waals surface area contributed by atoms with Crippen molar-refractivity contribution in [2.45, 2.75) is 20.8 Å². The van der Waals surface area contributed by atoms with Crippen LogP contribution < -0.4 is 5.56 Å². The third-order valence-electron chi connectivity index (χ3n) is 2.91. The summed E-state index contributed by atoms with van der Waals surface area (Å²) in [7, 11) is 0. The van der Waals surface area contributed by atoms with Crippen LogP contribution in [0, 0.1) is 20.8 Å². The van der Waals surface area contributed by atoms with Crippen LogP contribution in [0.5, 0.6) is 5.88 Å². The zero-order valence-corrected chi connectivity index (χ0v) is 10.0. The second-order valence-electron chi connectivity index (χ2n) is 4.16. The molecule has 0 radical (unpaired) electrons. The average molecular weight is 230 g/mol. The van der Waals surface area contributed by atoms with Gasteiger partial charge >= 0.3 is 0 Å². The number of benzene rings is 1. The Morgan fingerprint density at radius 3 is 2.47 bits per heavy atom. The molecule has 88 valence electrons. The number of hydrogen-bond acceptors (Lipinski definition) is 3. The van der Waals surface area contributed by atoms with Crippen LogP contribution in [-0.4, -0.2) is 15.1 Å². The number of aryl methyl sites for hydroxylation is 2. The molecule has 0 aliphatic carbocycles. The quantitative estimate of drug-likeness (QED) is 0.788. The first-order valence-corrected chi connectivity index (χ1v) is 5.36. The van der Waals surface area contributed by atoms with E-state index in [0.717, 1.165) is 11.1 Å². The molecule has 0 atom stereocenters. The Balaban J connectivity index is 2.61. The van der Waals surface area contributed by atoms with Crippen molar-refractivity contribution in [1.29, 1.82) is 0 Å². The normalized spacial score (nSPS) is 10.5. The summed E-state index contributed by atoms with van der Waals surface area (Å²) < 4.78 is 0. The molecular weight excluding hydrogens is 216 g/mol. The van der Waals surface area contributed by atoms with Gasteiger partial charge in [-0.25, -0.2) is 0 Å². The summed E-state index contributed by atoms with van der Waals surface area (Å²) >= 11 is 0. The molecule has 1 heterocycles. The number of nitrogens with zero attached hydrogens (tertiary/aromatic N) is 1. The number of rotatable bonds is 1. The van der Waals surface area contributed by atoms with Crippen molar-refractivity contribution in [2.75, 3.05) is 0 Å². The first-order valence-electron chi connectivity index (χ1n) is 5.36. The number of aromatic amines is 1. The molecule has 1 aromatic carbocycles. The molecule has 2 aromatic rings. The highest BCUT2D eigenvalue weighted by molar-refractivity contribution is 5.57. The van der Waals surface area contributed by atoms with Crippen LogP contribution in [-0.2, 0) is 0 Å². The fourth-order valence-electron chi connectivity index (χ4n) is 1.55. The van der Waals surface area contributed by atoms with Gasteiger partial charge in [0, 0.05) is 5.56 Å². The minimum atomic E-state index is -0.314. The maximum absolute atomic E-state index is 11.5. The summed E-state index contributed by atoms with van der Waals surface area (Å²) in [6, 6.07) is 5.76. The highest BCUT2D eigenvalue weighted by Crippen LogP contribution is 2.20. The van der Waals surface area contributed by atoms with Gasteiger partial charge in [0.1, 0.15) is 5.82 Å². The van der Waals surface area contributed by atoms with E-state index in [1.165, 1.54) is 12.5 Å². The number of hydrogen-bond donors (Lipinski definition) is 2. The van der Waals surface area contributed by atoms with E-state index >= 15 is 0 Å². The Bertz CT molecular complexity index is 630. The van der Waals surface area contributed by atoms with Crippen molar-refractivity contribution in [1.82, 2.24) is 9.97 Å². The van der Waals surface area contributed by atoms with Gasteiger partial charge in [0.15, 0.2) is 0 Å². The van der Waals surface area contributed by atoms with Gasteiger partial charge in [-0.05, 0) is 38.0 Å². The minimum absolute atomic E-state index is 0.220. The summed E-state index contributed by atoms with van der Waals surface area (Å²) in [5.74, 6) is 0.170. The molecule has 2 N–H and O–H groups in total. The molecule has 0 spiro atoms. The van der Waals surface area contributed by atoms with Gasteiger partial charge in [-0.2, -0.15) is 4.98 Å². The molecule has 0 saturated carbocycles. The Kier molecular flexibility index (Phi) is 2.71. The van der Waals surface area contributed by atoms with Gasteiger partial charge in [-0.3, -0.25) is 4.79 Å². The van der Waals surface area contributed by atoms with Crippen molar-refractivity contribution in [2.24, 2.45) is 0 Å². The van der Waals surface area contributed by atoms with E-state index in [-0.39, 0.29) is 17.0 Å². The fraction of sp³-hybridized carbons (Fsp3) is 0.231. The van der Waals surface area contributed by atoms with Crippen LogP contribution in [0.4, 0.5) is 0 Å². The zero-order chi connectivity index (χ0) is 12.6. The fourth-order valence-corrected chi connectivity index (χ4v) is 1.55. The molecule has 4 heteroatoms. The molecular formula is C13H14N2O2. The van der Waals surface area contributed by atoms with E-state index in [9.17, 15) is 9.90 Å². The molecule has 4 nitrogen and oxygen atoms in total. The van der Waals surface area contributed by atoms with Crippen molar-refractivity contribution >= 4 is 0 Å². The van der Waals surface area contributed by atoms with E-state index in [1.807, 2.05) is 32.0 Å². The average Bonchev–Trinajstić information content (AvgIpc) is 2.29. The van der Waals surface area contributed by atoms with Gasteiger partial charge in [-0.1, -0.05) is 12.1 Å². The highest BCUT2D eigenvalue weighted by Gasteiger charge is 2.08. The van der Waals surface area contributed by atoms with E-state index < -0.39 is 0 Å². The lowest BCUT2D eigenvalue weighted by atomic mass is 10.1. The van der Waals surface area contributed by atoms with Crippen LogP contribution in [0.3, 0.4) is 0 Å². The predicted molar refractivity (Wildman–Crippen MR) is 66.2 cm³/mol.